The Morgan fingerprint density at radius 3 is 2.43 bits per heavy atom. The van der Waals surface area contributed by atoms with E-state index in [1.54, 1.807) is 13.8 Å². The molecule has 0 aliphatic carbocycles. The first-order valence-electron chi connectivity index (χ1n) is 13.0. The summed E-state index contributed by atoms with van der Waals surface area (Å²) in [6.07, 6.45) is 3.33. The van der Waals surface area contributed by atoms with Gasteiger partial charge in [-0.25, -0.2) is 0 Å². The van der Waals surface area contributed by atoms with Gasteiger partial charge in [-0.2, -0.15) is 0 Å². The van der Waals surface area contributed by atoms with Crippen molar-refractivity contribution in [2.75, 3.05) is 6.54 Å². The Balaban J connectivity index is 1.95. The largest absolute Gasteiger partial charge is 0.343 e. The fourth-order valence-electron chi connectivity index (χ4n) is 4.79. The molecule has 9 nitrogen and oxygen atoms in total. The second-order valence-electron chi connectivity index (χ2n) is 10.2. The van der Waals surface area contributed by atoms with E-state index in [0.29, 0.717) is 25.8 Å². The molecule has 2 aliphatic heterocycles. The standard InChI is InChI=1S/C28H38N4O5/c1-5-28(4)27(37)30-22(17-19-11-13-20(14-12-19)18(2)3)26(36)32-15-8-10-23(32)25(35)29-21(24(34)31-28)9-6-7-16-33/h11-14,16,21-23H,2,5-10,15,17H2,1,3-4H3,(H,29,35)(H,30,37)(H,31,34)/t21-,22-,23+,28-/m0/s1. The number of benzene rings is 1. The van der Waals surface area contributed by atoms with Crippen LogP contribution in [0.4, 0.5) is 0 Å². The quantitative estimate of drug-likeness (QED) is 0.364. The predicted octanol–water partition coefficient (Wildman–Crippen LogP) is 1.89. The van der Waals surface area contributed by atoms with Gasteiger partial charge in [0.25, 0.3) is 0 Å². The number of carbonyl (C=O) groups excluding carboxylic acids is 5. The number of nitrogens with one attached hydrogen (secondary N) is 3. The van der Waals surface area contributed by atoms with Crippen LogP contribution < -0.4 is 16.0 Å². The molecule has 0 aromatic heterocycles. The number of fused-ring (bicyclic) bond motifs is 1. The molecule has 0 saturated carbocycles. The monoisotopic (exact) mass is 510 g/mol. The molecule has 9 heteroatoms. The van der Waals surface area contributed by atoms with Gasteiger partial charge in [0.05, 0.1) is 0 Å². The van der Waals surface area contributed by atoms with E-state index >= 15 is 0 Å². The van der Waals surface area contributed by atoms with Crippen LogP contribution >= 0.6 is 0 Å². The van der Waals surface area contributed by atoms with Crippen LogP contribution in [-0.4, -0.2) is 65.0 Å². The highest BCUT2D eigenvalue weighted by Crippen LogP contribution is 2.22. The van der Waals surface area contributed by atoms with E-state index in [4.69, 9.17) is 0 Å². The number of allylic oxidation sites excluding steroid dienone is 1. The number of nitrogens with zero attached hydrogens (tertiary/aromatic N) is 1. The Morgan fingerprint density at radius 1 is 1.11 bits per heavy atom. The van der Waals surface area contributed by atoms with Crippen molar-refractivity contribution in [1.29, 1.82) is 0 Å². The van der Waals surface area contributed by atoms with Gasteiger partial charge in [0.15, 0.2) is 0 Å². The minimum absolute atomic E-state index is 0.244. The van der Waals surface area contributed by atoms with E-state index in [-0.39, 0.29) is 31.6 Å². The van der Waals surface area contributed by atoms with Crippen LogP contribution in [0.5, 0.6) is 0 Å². The Hall–Kier alpha value is -3.49. The molecule has 0 spiro atoms. The third-order valence-corrected chi connectivity index (χ3v) is 7.38. The fourth-order valence-corrected chi connectivity index (χ4v) is 4.79. The van der Waals surface area contributed by atoms with Gasteiger partial charge < -0.3 is 25.6 Å². The average molecular weight is 511 g/mol. The molecule has 200 valence electrons. The lowest BCUT2D eigenvalue weighted by molar-refractivity contribution is -0.144. The summed E-state index contributed by atoms with van der Waals surface area (Å²) in [5.74, 6) is -1.67. The molecule has 0 bridgehead atoms. The maximum Gasteiger partial charge on any atom is 0.246 e. The zero-order valence-corrected chi connectivity index (χ0v) is 22.0. The van der Waals surface area contributed by atoms with Crippen LogP contribution in [0.25, 0.3) is 5.57 Å². The number of amides is 4. The summed E-state index contributed by atoms with van der Waals surface area (Å²) in [5, 5.41) is 8.48. The number of aldehydes is 1. The average Bonchev–Trinajstić information content (AvgIpc) is 3.37. The summed E-state index contributed by atoms with van der Waals surface area (Å²) in [7, 11) is 0. The van der Waals surface area contributed by atoms with Gasteiger partial charge in [-0.3, -0.25) is 19.2 Å². The second kappa shape index (κ2) is 12.2. The highest BCUT2D eigenvalue weighted by molar-refractivity contribution is 5.99. The van der Waals surface area contributed by atoms with Crippen molar-refractivity contribution < 1.29 is 24.0 Å². The minimum atomic E-state index is -1.29. The van der Waals surface area contributed by atoms with Gasteiger partial charge in [-0.05, 0) is 57.1 Å². The number of hydrogen-bond donors (Lipinski definition) is 3. The van der Waals surface area contributed by atoms with Crippen LogP contribution in [0.15, 0.2) is 30.8 Å². The number of carbonyl (C=O) groups is 5. The molecule has 3 N–H and O–H groups in total. The summed E-state index contributed by atoms with van der Waals surface area (Å²) in [5.41, 5.74) is 1.47. The second-order valence-corrected chi connectivity index (χ2v) is 10.2. The lowest BCUT2D eigenvalue weighted by Gasteiger charge is -2.35. The third-order valence-electron chi connectivity index (χ3n) is 7.38. The molecule has 3 rings (SSSR count). The van der Waals surface area contributed by atoms with Crippen molar-refractivity contribution in [3.63, 3.8) is 0 Å². The Kier molecular flexibility index (Phi) is 9.23. The molecule has 2 heterocycles. The first-order chi connectivity index (χ1) is 17.6. The molecular formula is C28H38N4O5. The topological polar surface area (TPSA) is 125 Å². The van der Waals surface area contributed by atoms with Crippen molar-refractivity contribution >= 4 is 35.5 Å². The minimum Gasteiger partial charge on any atom is -0.343 e. The van der Waals surface area contributed by atoms with Gasteiger partial charge >= 0.3 is 0 Å². The van der Waals surface area contributed by atoms with Crippen molar-refractivity contribution in [2.24, 2.45) is 0 Å². The van der Waals surface area contributed by atoms with Crippen LogP contribution in [-0.2, 0) is 30.4 Å². The van der Waals surface area contributed by atoms with Crippen molar-refractivity contribution in [3.8, 4) is 0 Å². The van der Waals surface area contributed by atoms with Gasteiger partial charge in [0.1, 0.15) is 30.0 Å². The molecule has 1 aromatic carbocycles. The lowest BCUT2D eigenvalue weighted by Crippen LogP contribution is -2.65. The van der Waals surface area contributed by atoms with E-state index in [1.807, 2.05) is 31.2 Å². The summed E-state index contributed by atoms with van der Waals surface area (Å²) < 4.78 is 0. The predicted molar refractivity (Wildman–Crippen MR) is 140 cm³/mol. The van der Waals surface area contributed by atoms with Crippen molar-refractivity contribution in [2.45, 2.75) is 89.4 Å². The zero-order valence-electron chi connectivity index (χ0n) is 22.0. The molecular weight excluding hydrogens is 472 g/mol. The molecule has 37 heavy (non-hydrogen) atoms. The van der Waals surface area contributed by atoms with Gasteiger partial charge in [-0.1, -0.05) is 43.3 Å². The van der Waals surface area contributed by atoms with E-state index in [0.717, 1.165) is 23.0 Å². The Morgan fingerprint density at radius 2 is 1.81 bits per heavy atom. The fraction of sp³-hybridized carbons (Fsp3) is 0.536. The molecule has 2 saturated heterocycles. The zero-order chi connectivity index (χ0) is 27.2. The van der Waals surface area contributed by atoms with E-state index in [2.05, 4.69) is 22.5 Å². The molecule has 1 aromatic rings. The van der Waals surface area contributed by atoms with Crippen LogP contribution in [0.3, 0.4) is 0 Å². The molecule has 2 fully saturated rings. The SMILES string of the molecule is C=C(C)c1ccc(C[C@@H]2NC(=O)[C@](C)(CC)NC(=O)[C@H](CCCC=O)NC(=O)[C@H]3CCCN3C2=O)cc1. The third kappa shape index (κ3) is 6.64. The van der Waals surface area contributed by atoms with Crippen LogP contribution in [0.1, 0.15) is 70.4 Å². The first kappa shape index (κ1) is 28.1. The van der Waals surface area contributed by atoms with E-state index < -0.39 is 41.4 Å². The van der Waals surface area contributed by atoms with Gasteiger partial charge in [-0.15, -0.1) is 0 Å². The highest BCUT2D eigenvalue weighted by atomic mass is 16.2. The number of rotatable bonds is 8. The van der Waals surface area contributed by atoms with Crippen molar-refractivity contribution in [1.82, 2.24) is 20.9 Å². The lowest BCUT2D eigenvalue weighted by atomic mass is 9.94. The molecule has 4 amide bonds. The highest BCUT2D eigenvalue weighted by Gasteiger charge is 2.43. The normalized spacial score (nSPS) is 26.8. The van der Waals surface area contributed by atoms with Gasteiger partial charge in [0.2, 0.25) is 23.6 Å². The number of unbranched alkanes of at least 4 members (excludes halogenated alkanes) is 1. The number of hydrogen-bond acceptors (Lipinski definition) is 5. The van der Waals surface area contributed by atoms with Crippen LogP contribution in [0, 0.1) is 0 Å². The summed E-state index contributed by atoms with van der Waals surface area (Å²) >= 11 is 0. The smallest absolute Gasteiger partial charge is 0.246 e. The van der Waals surface area contributed by atoms with Crippen molar-refractivity contribution in [3.05, 3.63) is 42.0 Å². The molecule has 4 atom stereocenters. The maximum absolute atomic E-state index is 13.8. The summed E-state index contributed by atoms with van der Waals surface area (Å²) in [4.78, 5) is 66.1. The van der Waals surface area contributed by atoms with Gasteiger partial charge in [0, 0.05) is 19.4 Å². The van der Waals surface area contributed by atoms with Crippen LogP contribution in [0.2, 0.25) is 0 Å². The van der Waals surface area contributed by atoms with E-state index in [1.165, 1.54) is 4.90 Å². The van der Waals surface area contributed by atoms with E-state index in [9.17, 15) is 24.0 Å². The summed E-state index contributed by atoms with van der Waals surface area (Å²) in [6.45, 7) is 9.64. The molecule has 0 unspecified atom stereocenters. The first-order valence-corrected chi connectivity index (χ1v) is 13.0. The molecule has 2 aliphatic rings. The molecule has 0 radical (unpaired) electrons. The Bertz CT molecular complexity index is 1050. The summed E-state index contributed by atoms with van der Waals surface area (Å²) in [6, 6.07) is 5.11. The Labute approximate surface area is 218 Å². The maximum atomic E-state index is 13.8.